The fraction of sp³-hybridized carbons (Fsp3) is 0.300. The maximum Gasteiger partial charge on any atom is 0.337 e. The van der Waals surface area contributed by atoms with Gasteiger partial charge in [-0.25, -0.2) is 13.8 Å². The SMILES string of the molecule is N=S(=O)(c1ccc(C(=O)O)c(Cl)c1)C1CC1. The molecule has 4 nitrogen and oxygen atoms in total. The Kier molecular flexibility index (Phi) is 2.67. The van der Waals surface area contributed by atoms with Crippen LogP contribution in [0.5, 0.6) is 0 Å². The molecule has 0 spiro atoms. The highest BCUT2D eigenvalue weighted by Gasteiger charge is 2.34. The van der Waals surface area contributed by atoms with E-state index in [-0.39, 0.29) is 15.8 Å². The number of halogens is 1. The minimum absolute atomic E-state index is 0.0311. The average molecular weight is 260 g/mol. The molecule has 1 unspecified atom stereocenters. The Bertz CT molecular complexity index is 549. The second-order valence-corrected chi connectivity index (χ2v) is 6.49. The second kappa shape index (κ2) is 3.75. The van der Waals surface area contributed by atoms with Gasteiger partial charge in [-0.2, -0.15) is 0 Å². The fourth-order valence-electron chi connectivity index (χ4n) is 1.45. The summed E-state index contributed by atoms with van der Waals surface area (Å²) in [4.78, 5) is 11.1. The number of carbonyl (C=O) groups is 1. The van der Waals surface area contributed by atoms with Gasteiger partial charge in [-0.05, 0) is 31.0 Å². The molecule has 0 aliphatic heterocycles. The van der Waals surface area contributed by atoms with Gasteiger partial charge < -0.3 is 5.11 Å². The van der Waals surface area contributed by atoms with Crippen LogP contribution in [0.15, 0.2) is 23.1 Å². The highest BCUT2D eigenvalue weighted by atomic mass is 35.5. The number of carboxylic acids is 1. The molecule has 86 valence electrons. The first-order valence-electron chi connectivity index (χ1n) is 4.73. The third-order valence-corrected chi connectivity index (χ3v) is 5.19. The van der Waals surface area contributed by atoms with Crippen molar-refractivity contribution in [1.29, 1.82) is 4.78 Å². The Morgan fingerprint density at radius 2 is 2.12 bits per heavy atom. The topological polar surface area (TPSA) is 78.2 Å². The Morgan fingerprint density at radius 1 is 1.50 bits per heavy atom. The van der Waals surface area contributed by atoms with Crippen molar-refractivity contribution in [2.24, 2.45) is 0 Å². The van der Waals surface area contributed by atoms with Crippen LogP contribution < -0.4 is 0 Å². The Labute approximate surface area is 98.2 Å². The van der Waals surface area contributed by atoms with E-state index in [1.54, 1.807) is 0 Å². The highest BCUT2D eigenvalue weighted by molar-refractivity contribution is 7.93. The molecule has 0 aromatic heterocycles. The summed E-state index contributed by atoms with van der Waals surface area (Å²) in [5.74, 6) is -1.13. The van der Waals surface area contributed by atoms with Gasteiger partial charge in [0.15, 0.2) is 0 Å². The number of benzene rings is 1. The van der Waals surface area contributed by atoms with Crippen LogP contribution in [0.2, 0.25) is 5.02 Å². The lowest BCUT2D eigenvalue weighted by molar-refractivity contribution is 0.0697. The smallest absolute Gasteiger partial charge is 0.337 e. The van der Waals surface area contributed by atoms with E-state index in [4.69, 9.17) is 21.5 Å². The molecule has 1 aromatic rings. The van der Waals surface area contributed by atoms with Gasteiger partial charge in [0, 0.05) is 10.1 Å². The number of carboxylic acid groups (broad SMARTS) is 1. The first-order chi connectivity index (χ1) is 7.43. The molecule has 1 atom stereocenters. The maximum absolute atomic E-state index is 12.0. The molecule has 0 saturated heterocycles. The van der Waals surface area contributed by atoms with Gasteiger partial charge in [0.25, 0.3) is 0 Å². The summed E-state index contributed by atoms with van der Waals surface area (Å²) in [6.07, 6.45) is 1.58. The van der Waals surface area contributed by atoms with Crippen molar-refractivity contribution in [2.45, 2.75) is 23.0 Å². The van der Waals surface area contributed by atoms with Crippen molar-refractivity contribution in [3.63, 3.8) is 0 Å². The van der Waals surface area contributed by atoms with Gasteiger partial charge in [-0.15, -0.1) is 0 Å². The van der Waals surface area contributed by atoms with Crippen molar-refractivity contribution in [1.82, 2.24) is 0 Å². The first kappa shape index (κ1) is 11.4. The van der Waals surface area contributed by atoms with E-state index in [1.807, 2.05) is 0 Å². The number of aromatic carboxylic acids is 1. The molecule has 2 N–H and O–H groups in total. The third kappa shape index (κ3) is 1.92. The van der Waals surface area contributed by atoms with Crippen molar-refractivity contribution in [3.05, 3.63) is 28.8 Å². The van der Waals surface area contributed by atoms with Crippen LogP contribution in [0.1, 0.15) is 23.2 Å². The Balaban J connectivity index is 2.45. The first-order valence-corrected chi connectivity index (χ1v) is 6.73. The maximum atomic E-state index is 12.0. The summed E-state index contributed by atoms with van der Waals surface area (Å²) in [6.45, 7) is 0. The minimum atomic E-state index is -2.81. The number of hydrogen-bond donors (Lipinski definition) is 2. The number of nitrogens with one attached hydrogen (secondary N) is 1. The van der Waals surface area contributed by atoms with E-state index in [0.717, 1.165) is 12.8 Å². The Morgan fingerprint density at radius 3 is 2.56 bits per heavy atom. The molecular weight excluding hydrogens is 250 g/mol. The molecule has 0 amide bonds. The zero-order chi connectivity index (χ0) is 11.9. The van der Waals surface area contributed by atoms with Crippen LogP contribution in [-0.4, -0.2) is 20.5 Å². The molecule has 1 aromatic carbocycles. The molecule has 0 heterocycles. The van der Waals surface area contributed by atoms with Crippen molar-refractivity contribution < 1.29 is 14.1 Å². The van der Waals surface area contributed by atoms with Crippen LogP contribution in [0.25, 0.3) is 0 Å². The van der Waals surface area contributed by atoms with Gasteiger partial charge in [-0.3, -0.25) is 0 Å². The van der Waals surface area contributed by atoms with E-state index < -0.39 is 15.7 Å². The molecule has 1 saturated carbocycles. The second-order valence-electron chi connectivity index (χ2n) is 3.75. The van der Waals surface area contributed by atoms with Crippen LogP contribution in [-0.2, 0) is 9.73 Å². The van der Waals surface area contributed by atoms with Crippen LogP contribution in [0.4, 0.5) is 0 Å². The molecule has 1 aliphatic rings. The van der Waals surface area contributed by atoms with Crippen LogP contribution in [0, 0.1) is 4.78 Å². The predicted octanol–water partition coefficient (Wildman–Crippen LogP) is 2.61. The third-order valence-electron chi connectivity index (χ3n) is 2.51. The van der Waals surface area contributed by atoms with Gasteiger partial charge in [0.05, 0.1) is 20.3 Å². The van der Waals surface area contributed by atoms with Crippen molar-refractivity contribution >= 4 is 27.3 Å². The minimum Gasteiger partial charge on any atom is -0.478 e. The van der Waals surface area contributed by atoms with Gasteiger partial charge in [0.2, 0.25) is 0 Å². The van der Waals surface area contributed by atoms with E-state index in [1.165, 1.54) is 18.2 Å². The predicted molar refractivity (Wildman–Crippen MR) is 60.6 cm³/mol. The lowest BCUT2D eigenvalue weighted by atomic mass is 10.2. The normalized spacial score (nSPS) is 19.1. The van der Waals surface area contributed by atoms with Gasteiger partial charge in [-0.1, -0.05) is 11.6 Å². The van der Waals surface area contributed by atoms with E-state index >= 15 is 0 Å². The van der Waals surface area contributed by atoms with Gasteiger partial charge in [0.1, 0.15) is 0 Å². The van der Waals surface area contributed by atoms with Crippen LogP contribution >= 0.6 is 11.6 Å². The zero-order valence-corrected chi connectivity index (χ0v) is 9.85. The quantitative estimate of drug-likeness (QED) is 0.876. The molecule has 0 radical (unpaired) electrons. The molecule has 1 fully saturated rings. The van der Waals surface area contributed by atoms with E-state index in [0.29, 0.717) is 4.90 Å². The molecule has 1 aliphatic carbocycles. The monoisotopic (exact) mass is 259 g/mol. The number of hydrogen-bond acceptors (Lipinski definition) is 3. The summed E-state index contributed by atoms with van der Waals surface area (Å²) in [6, 6.07) is 4.05. The van der Waals surface area contributed by atoms with E-state index in [2.05, 4.69) is 0 Å². The van der Waals surface area contributed by atoms with Gasteiger partial charge >= 0.3 is 5.97 Å². The molecule has 16 heavy (non-hydrogen) atoms. The lowest BCUT2D eigenvalue weighted by Gasteiger charge is -2.07. The summed E-state index contributed by atoms with van der Waals surface area (Å²) in [5, 5.41) is 8.71. The largest absolute Gasteiger partial charge is 0.478 e. The average Bonchev–Trinajstić information content (AvgIpc) is 2.99. The van der Waals surface area contributed by atoms with Crippen LogP contribution in [0.3, 0.4) is 0 Å². The lowest BCUT2D eigenvalue weighted by Crippen LogP contribution is -2.06. The summed E-state index contributed by atoms with van der Waals surface area (Å²) in [7, 11) is -2.81. The summed E-state index contributed by atoms with van der Waals surface area (Å²) < 4.78 is 19.8. The van der Waals surface area contributed by atoms with E-state index in [9.17, 15) is 9.00 Å². The summed E-state index contributed by atoms with van der Waals surface area (Å²) >= 11 is 5.77. The Hall–Kier alpha value is -1.07. The molecule has 0 bridgehead atoms. The zero-order valence-electron chi connectivity index (χ0n) is 8.27. The molecular formula is C10H10ClNO3S. The highest BCUT2D eigenvalue weighted by Crippen LogP contribution is 2.35. The molecule has 2 rings (SSSR count). The van der Waals surface area contributed by atoms with Crippen molar-refractivity contribution in [3.8, 4) is 0 Å². The fourth-order valence-corrected chi connectivity index (χ4v) is 3.52. The summed E-state index contributed by atoms with van der Waals surface area (Å²) in [5.41, 5.74) is -0.0311. The van der Waals surface area contributed by atoms with Crippen molar-refractivity contribution in [2.75, 3.05) is 0 Å². The number of rotatable bonds is 3. The molecule has 6 heteroatoms. The standard InChI is InChI=1S/C10H10ClNO3S/c11-9-5-7(3-4-8(9)10(13)14)16(12,15)6-1-2-6/h3-6,12H,1-2H2,(H,13,14).